The molecule has 0 atom stereocenters. The Morgan fingerprint density at radius 1 is 1.30 bits per heavy atom. The molecule has 20 heavy (non-hydrogen) atoms. The standard InChI is InChI=1S/C10H14F3N3O3S/c11-10(12,13)7-15-20(18,19)16(5-6-17)9-4-2-1-3-8(9)14/h1-4,15,17H,5-7,14H2. The largest absolute Gasteiger partial charge is 0.402 e. The normalized spacial score (nSPS) is 12.4. The topological polar surface area (TPSA) is 95.7 Å². The number of nitrogens with zero attached hydrogens (tertiary/aromatic N) is 1. The average Bonchev–Trinajstić information content (AvgIpc) is 2.34. The molecule has 0 heterocycles. The number of aliphatic hydroxyl groups excluding tert-OH is 1. The summed E-state index contributed by atoms with van der Waals surface area (Å²) in [6, 6.07) is 5.76. The van der Waals surface area contributed by atoms with E-state index in [1.165, 1.54) is 22.9 Å². The third-order valence-electron chi connectivity index (χ3n) is 2.25. The quantitative estimate of drug-likeness (QED) is 0.665. The van der Waals surface area contributed by atoms with Crippen molar-refractivity contribution in [3.63, 3.8) is 0 Å². The summed E-state index contributed by atoms with van der Waals surface area (Å²) in [5.41, 5.74) is 5.66. The van der Waals surface area contributed by atoms with Gasteiger partial charge in [-0.05, 0) is 12.1 Å². The fourth-order valence-electron chi connectivity index (χ4n) is 1.43. The van der Waals surface area contributed by atoms with E-state index < -0.39 is 36.1 Å². The van der Waals surface area contributed by atoms with Gasteiger partial charge in [0, 0.05) is 0 Å². The van der Waals surface area contributed by atoms with Gasteiger partial charge in [-0.1, -0.05) is 12.1 Å². The molecule has 0 fully saturated rings. The lowest BCUT2D eigenvalue weighted by atomic mass is 10.3. The maximum Gasteiger partial charge on any atom is 0.402 e. The van der Waals surface area contributed by atoms with Gasteiger partial charge in [0.2, 0.25) is 0 Å². The number of para-hydroxylation sites is 2. The first-order chi connectivity index (χ1) is 9.17. The fraction of sp³-hybridized carbons (Fsp3) is 0.400. The Balaban J connectivity index is 3.04. The Morgan fingerprint density at radius 2 is 1.90 bits per heavy atom. The van der Waals surface area contributed by atoms with Crippen LogP contribution in [-0.2, 0) is 10.2 Å². The van der Waals surface area contributed by atoms with Gasteiger partial charge in [0.15, 0.2) is 0 Å². The van der Waals surface area contributed by atoms with Crippen molar-refractivity contribution in [2.45, 2.75) is 6.18 Å². The molecule has 10 heteroatoms. The lowest BCUT2D eigenvalue weighted by Gasteiger charge is -2.25. The van der Waals surface area contributed by atoms with Crippen molar-refractivity contribution in [2.24, 2.45) is 0 Å². The number of alkyl halides is 3. The van der Waals surface area contributed by atoms with Gasteiger partial charge < -0.3 is 10.8 Å². The minimum Gasteiger partial charge on any atom is -0.397 e. The number of aliphatic hydroxyl groups is 1. The fourth-order valence-corrected chi connectivity index (χ4v) is 2.68. The third-order valence-corrected chi connectivity index (χ3v) is 3.72. The van der Waals surface area contributed by atoms with Crippen molar-refractivity contribution < 1.29 is 26.7 Å². The van der Waals surface area contributed by atoms with Gasteiger partial charge >= 0.3 is 16.4 Å². The minimum absolute atomic E-state index is 0.00350. The molecule has 0 aliphatic rings. The summed E-state index contributed by atoms with van der Waals surface area (Å²) in [5.74, 6) is 0. The van der Waals surface area contributed by atoms with Gasteiger partial charge in [-0.25, -0.2) is 0 Å². The predicted octanol–water partition coefficient (Wildman–Crippen LogP) is 0.464. The van der Waals surface area contributed by atoms with E-state index in [1.54, 1.807) is 6.07 Å². The van der Waals surface area contributed by atoms with Crippen molar-refractivity contribution >= 4 is 21.6 Å². The van der Waals surface area contributed by atoms with Crippen LogP contribution in [0.25, 0.3) is 0 Å². The Kier molecular flexibility index (Phi) is 5.20. The number of halogens is 3. The highest BCUT2D eigenvalue weighted by Gasteiger charge is 2.32. The summed E-state index contributed by atoms with van der Waals surface area (Å²) in [5, 5.41) is 8.88. The Hall–Kier alpha value is -1.52. The van der Waals surface area contributed by atoms with Crippen LogP contribution in [0.3, 0.4) is 0 Å². The molecule has 0 aromatic heterocycles. The molecule has 0 aliphatic heterocycles. The summed E-state index contributed by atoms with van der Waals surface area (Å²) in [4.78, 5) is 0. The van der Waals surface area contributed by atoms with E-state index >= 15 is 0 Å². The van der Waals surface area contributed by atoms with Gasteiger partial charge in [-0.2, -0.15) is 26.3 Å². The van der Waals surface area contributed by atoms with Crippen LogP contribution in [0, 0.1) is 0 Å². The zero-order valence-corrected chi connectivity index (χ0v) is 11.1. The van der Waals surface area contributed by atoms with Crippen LogP contribution in [0.15, 0.2) is 24.3 Å². The van der Waals surface area contributed by atoms with E-state index in [-0.39, 0.29) is 11.4 Å². The Bertz CT molecular complexity index is 548. The molecule has 1 aromatic carbocycles. The highest BCUT2D eigenvalue weighted by Crippen LogP contribution is 2.24. The van der Waals surface area contributed by atoms with E-state index in [0.29, 0.717) is 4.31 Å². The maximum atomic E-state index is 12.1. The van der Waals surface area contributed by atoms with Gasteiger partial charge in [-0.15, -0.1) is 0 Å². The molecule has 114 valence electrons. The van der Waals surface area contributed by atoms with Gasteiger partial charge in [0.25, 0.3) is 0 Å². The van der Waals surface area contributed by atoms with Crippen molar-refractivity contribution in [1.29, 1.82) is 0 Å². The van der Waals surface area contributed by atoms with Crippen molar-refractivity contribution in [3.05, 3.63) is 24.3 Å². The van der Waals surface area contributed by atoms with E-state index in [0.717, 1.165) is 0 Å². The molecule has 0 amide bonds. The SMILES string of the molecule is Nc1ccccc1N(CCO)S(=O)(=O)NCC(F)(F)F. The highest BCUT2D eigenvalue weighted by atomic mass is 32.2. The van der Waals surface area contributed by atoms with Crippen LogP contribution >= 0.6 is 0 Å². The van der Waals surface area contributed by atoms with Crippen molar-refractivity contribution in [3.8, 4) is 0 Å². The molecule has 4 N–H and O–H groups in total. The van der Waals surface area contributed by atoms with Crippen LogP contribution in [-0.4, -0.2) is 39.4 Å². The molecule has 1 aromatic rings. The first kappa shape index (κ1) is 16.5. The van der Waals surface area contributed by atoms with Crippen LogP contribution in [0.4, 0.5) is 24.5 Å². The van der Waals surface area contributed by atoms with Gasteiger partial charge in [0.1, 0.15) is 6.54 Å². The first-order valence-electron chi connectivity index (χ1n) is 5.47. The minimum atomic E-state index is -4.68. The molecule has 0 saturated heterocycles. The summed E-state index contributed by atoms with van der Waals surface area (Å²) in [6.45, 7) is -2.69. The first-order valence-corrected chi connectivity index (χ1v) is 6.91. The molecule has 1 rings (SSSR count). The number of nitrogen functional groups attached to an aromatic ring is 1. The highest BCUT2D eigenvalue weighted by molar-refractivity contribution is 7.90. The molecule has 0 radical (unpaired) electrons. The second kappa shape index (κ2) is 6.29. The van der Waals surface area contributed by atoms with Gasteiger partial charge in [-0.3, -0.25) is 4.31 Å². The second-order valence-electron chi connectivity index (χ2n) is 3.80. The average molecular weight is 313 g/mol. The summed E-state index contributed by atoms with van der Waals surface area (Å²) < 4.78 is 62.0. The molecule has 0 spiro atoms. The van der Waals surface area contributed by atoms with E-state index in [4.69, 9.17) is 10.8 Å². The second-order valence-corrected chi connectivity index (χ2v) is 5.48. The number of anilines is 2. The number of nitrogens with one attached hydrogen (secondary N) is 1. The number of hydrogen-bond acceptors (Lipinski definition) is 4. The lowest BCUT2D eigenvalue weighted by Crippen LogP contribution is -2.45. The number of hydrogen-bond donors (Lipinski definition) is 3. The molecular formula is C10H14F3N3O3S. The maximum absolute atomic E-state index is 12.1. The lowest BCUT2D eigenvalue weighted by molar-refractivity contribution is -0.121. The smallest absolute Gasteiger partial charge is 0.397 e. The summed E-state index contributed by atoms with van der Waals surface area (Å²) in [7, 11) is -4.47. The number of nitrogens with two attached hydrogens (primary N) is 1. The van der Waals surface area contributed by atoms with Crippen molar-refractivity contribution in [1.82, 2.24) is 4.72 Å². The number of rotatable bonds is 6. The molecule has 0 saturated carbocycles. The predicted molar refractivity (Wildman–Crippen MR) is 68.3 cm³/mol. The molecular weight excluding hydrogens is 299 g/mol. The van der Waals surface area contributed by atoms with Crippen molar-refractivity contribution in [2.75, 3.05) is 29.7 Å². The van der Waals surface area contributed by atoms with Crippen LogP contribution in [0.1, 0.15) is 0 Å². The Labute approximate surface area is 114 Å². The monoisotopic (exact) mass is 313 g/mol. The number of benzene rings is 1. The van der Waals surface area contributed by atoms with E-state index in [2.05, 4.69) is 0 Å². The molecule has 0 aliphatic carbocycles. The molecule has 6 nitrogen and oxygen atoms in total. The van der Waals surface area contributed by atoms with E-state index in [1.807, 2.05) is 0 Å². The Morgan fingerprint density at radius 3 is 2.40 bits per heavy atom. The zero-order valence-electron chi connectivity index (χ0n) is 10.3. The molecule has 0 unspecified atom stereocenters. The zero-order chi connectivity index (χ0) is 15.4. The summed E-state index contributed by atoms with van der Waals surface area (Å²) in [6.07, 6.45) is -4.68. The van der Waals surface area contributed by atoms with Crippen LogP contribution in [0.5, 0.6) is 0 Å². The summed E-state index contributed by atoms with van der Waals surface area (Å²) >= 11 is 0. The van der Waals surface area contributed by atoms with E-state index in [9.17, 15) is 21.6 Å². The third kappa shape index (κ3) is 4.54. The molecule has 0 bridgehead atoms. The van der Waals surface area contributed by atoms with Gasteiger partial charge in [0.05, 0.1) is 24.5 Å². The van der Waals surface area contributed by atoms with Crippen LogP contribution < -0.4 is 14.8 Å². The van der Waals surface area contributed by atoms with Crippen LogP contribution in [0.2, 0.25) is 0 Å².